The zero-order chi connectivity index (χ0) is 22.9. The van der Waals surface area contributed by atoms with Gasteiger partial charge in [0.05, 0.1) is 19.4 Å². The van der Waals surface area contributed by atoms with Crippen LogP contribution in [0.1, 0.15) is 16.9 Å². The molecule has 2 aromatic carbocycles. The van der Waals surface area contributed by atoms with E-state index in [4.69, 9.17) is 9.15 Å². The third kappa shape index (κ3) is 7.23. The van der Waals surface area contributed by atoms with Crippen molar-refractivity contribution in [2.75, 3.05) is 18.4 Å². The summed E-state index contributed by atoms with van der Waals surface area (Å²) < 4.78 is 24.7. The molecule has 0 aliphatic heterocycles. The second kappa shape index (κ2) is 11.3. The molecular formula is C24H23FN4O3S. The molecule has 0 saturated carbocycles. The number of aromatic nitrogens is 2. The summed E-state index contributed by atoms with van der Waals surface area (Å²) >= 11 is 1.27. The van der Waals surface area contributed by atoms with E-state index in [0.717, 1.165) is 16.9 Å². The topological polar surface area (TPSA) is 80.5 Å². The van der Waals surface area contributed by atoms with Gasteiger partial charge in [-0.3, -0.25) is 15.0 Å². The van der Waals surface area contributed by atoms with Crippen LogP contribution in [0.3, 0.4) is 0 Å². The molecule has 0 spiro atoms. The van der Waals surface area contributed by atoms with E-state index in [9.17, 15) is 9.18 Å². The SMILES string of the molecule is O=C(CN(CCc1cccc(OCc2cccc(F)c2)c1)Cc1ccco1)Nc1nncs1. The molecule has 1 amide bonds. The fraction of sp³-hybridized carbons (Fsp3) is 0.208. The predicted octanol–water partition coefficient (Wildman–Crippen LogP) is 4.53. The van der Waals surface area contributed by atoms with E-state index in [1.54, 1.807) is 17.8 Å². The van der Waals surface area contributed by atoms with Gasteiger partial charge < -0.3 is 9.15 Å². The molecule has 4 aromatic rings. The molecule has 170 valence electrons. The first-order valence-electron chi connectivity index (χ1n) is 10.4. The van der Waals surface area contributed by atoms with Gasteiger partial charge in [0.25, 0.3) is 0 Å². The Hall–Kier alpha value is -3.56. The molecule has 2 aromatic heterocycles. The Morgan fingerprint density at radius 1 is 1.12 bits per heavy atom. The van der Waals surface area contributed by atoms with Crippen molar-refractivity contribution in [3.63, 3.8) is 0 Å². The molecule has 0 aliphatic carbocycles. The van der Waals surface area contributed by atoms with Gasteiger partial charge in [0.15, 0.2) is 0 Å². The molecule has 0 fully saturated rings. The lowest BCUT2D eigenvalue weighted by atomic mass is 10.1. The van der Waals surface area contributed by atoms with E-state index in [2.05, 4.69) is 15.5 Å². The van der Waals surface area contributed by atoms with Crippen molar-refractivity contribution in [2.45, 2.75) is 19.6 Å². The smallest absolute Gasteiger partial charge is 0.240 e. The molecule has 0 bridgehead atoms. The summed E-state index contributed by atoms with van der Waals surface area (Å²) in [6, 6.07) is 17.9. The maximum Gasteiger partial charge on any atom is 0.240 e. The molecule has 0 unspecified atom stereocenters. The monoisotopic (exact) mass is 466 g/mol. The Balaban J connectivity index is 1.35. The number of hydrogen-bond acceptors (Lipinski definition) is 7. The highest BCUT2D eigenvalue weighted by Gasteiger charge is 2.14. The average Bonchev–Trinajstić information content (AvgIpc) is 3.51. The van der Waals surface area contributed by atoms with Crippen LogP contribution in [-0.4, -0.2) is 34.1 Å². The summed E-state index contributed by atoms with van der Waals surface area (Å²) in [5, 5.41) is 10.8. The van der Waals surface area contributed by atoms with Gasteiger partial charge in [0.2, 0.25) is 11.0 Å². The van der Waals surface area contributed by atoms with Crippen molar-refractivity contribution in [3.8, 4) is 5.75 Å². The van der Waals surface area contributed by atoms with Crippen LogP contribution >= 0.6 is 11.3 Å². The minimum atomic E-state index is -0.281. The lowest BCUT2D eigenvalue weighted by Crippen LogP contribution is -2.34. The van der Waals surface area contributed by atoms with Gasteiger partial charge >= 0.3 is 0 Å². The minimum Gasteiger partial charge on any atom is -0.489 e. The first-order valence-corrected chi connectivity index (χ1v) is 11.3. The third-order valence-corrected chi connectivity index (χ3v) is 5.45. The Morgan fingerprint density at radius 3 is 2.79 bits per heavy atom. The van der Waals surface area contributed by atoms with E-state index < -0.39 is 0 Å². The fourth-order valence-corrected chi connectivity index (χ4v) is 3.76. The van der Waals surface area contributed by atoms with Crippen molar-refractivity contribution in [2.24, 2.45) is 0 Å². The van der Waals surface area contributed by atoms with Crippen LogP contribution in [-0.2, 0) is 24.4 Å². The number of rotatable bonds is 11. The third-order valence-electron chi connectivity index (χ3n) is 4.84. The Morgan fingerprint density at radius 2 is 2.00 bits per heavy atom. The van der Waals surface area contributed by atoms with Crippen molar-refractivity contribution in [1.82, 2.24) is 15.1 Å². The normalized spacial score (nSPS) is 11.0. The van der Waals surface area contributed by atoms with Crippen molar-refractivity contribution < 1.29 is 18.3 Å². The first kappa shape index (κ1) is 22.6. The maximum absolute atomic E-state index is 13.4. The van der Waals surface area contributed by atoms with Gasteiger partial charge in [0, 0.05) is 6.54 Å². The summed E-state index contributed by atoms with van der Waals surface area (Å²) in [7, 11) is 0. The van der Waals surface area contributed by atoms with Crippen LogP contribution in [0.25, 0.3) is 0 Å². The lowest BCUT2D eigenvalue weighted by molar-refractivity contribution is -0.117. The second-order valence-corrected chi connectivity index (χ2v) is 8.23. The van der Waals surface area contributed by atoms with Crippen molar-refractivity contribution >= 4 is 22.4 Å². The van der Waals surface area contributed by atoms with E-state index in [1.807, 2.05) is 47.4 Å². The Kier molecular flexibility index (Phi) is 7.78. The highest BCUT2D eigenvalue weighted by Crippen LogP contribution is 2.17. The van der Waals surface area contributed by atoms with Crippen LogP contribution < -0.4 is 10.1 Å². The predicted molar refractivity (Wildman–Crippen MR) is 123 cm³/mol. The van der Waals surface area contributed by atoms with E-state index in [0.29, 0.717) is 30.4 Å². The number of carbonyl (C=O) groups is 1. The molecule has 0 saturated heterocycles. The second-order valence-electron chi connectivity index (χ2n) is 7.40. The van der Waals surface area contributed by atoms with Gasteiger partial charge in [-0.2, -0.15) is 0 Å². The number of carbonyl (C=O) groups excluding carboxylic acids is 1. The first-order chi connectivity index (χ1) is 16.1. The average molecular weight is 467 g/mol. The fourth-order valence-electron chi connectivity index (χ4n) is 3.30. The van der Waals surface area contributed by atoms with Crippen LogP contribution in [0.5, 0.6) is 5.75 Å². The zero-order valence-corrected chi connectivity index (χ0v) is 18.6. The molecule has 7 nitrogen and oxygen atoms in total. The largest absolute Gasteiger partial charge is 0.489 e. The molecular weight excluding hydrogens is 443 g/mol. The molecule has 4 rings (SSSR count). The van der Waals surface area contributed by atoms with Gasteiger partial charge in [0.1, 0.15) is 29.4 Å². The molecule has 0 atom stereocenters. The summed E-state index contributed by atoms with van der Waals surface area (Å²) in [5.41, 5.74) is 3.41. The number of amides is 1. The number of ether oxygens (including phenoxy) is 1. The van der Waals surface area contributed by atoms with E-state index in [1.165, 1.54) is 23.5 Å². The molecule has 0 aliphatic rings. The molecule has 1 N–H and O–H groups in total. The highest BCUT2D eigenvalue weighted by atomic mass is 32.1. The zero-order valence-electron chi connectivity index (χ0n) is 17.8. The van der Waals surface area contributed by atoms with Crippen LogP contribution in [0.2, 0.25) is 0 Å². The quantitative estimate of drug-likeness (QED) is 0.350. The van der Waals surface area contributed by atoms with Gasteiger partial charge in [-0.1, -0.05) is 35.6 Å². The Labute approximate surface area is 194 Å². The number of nitrogens with zero attached hydrogens (tertiary/aromatic N) is 3. The number of benzene rings is 2. The van der Waals surface area contributed by atoms with E-state index >= 15 is 0 Å². The van der Waals surface area contributed by atoms with Gasteiger partial charge in [-0.25, -0.2) is 4.39 Å². The standard InChI is InChI=1S/C24H23FN4O3S/c25-20-6-1-5-19(12-20)16-32-21-7-2-4-18(13-21)9-10-29(14-22-8-3-11-31-22)15-23(30)27-24-28-26-17-33-24/h1-8,11-13,17H,9-10,14-16H2,(H,27,28,30). The molecule has 0 radical (unpaired) electrons. The Bertz CT molecular complexity index is 1150. The van der Waals surface area contributed by atoms with Crippen LogP contribution in [0, 0.1) is 5.82 Å². The van der Waals surface area contributed by atoms with E-state index in [-0.39, 0.29) is 24.9 Å². The number of nitrogens with one attached hydrogen (secondary N) is 1. The van der Waals surface area contributed by atoms with Crippen LogP contribution in [0.4, 0.5) is 9.52 Å². The molecule has 2 heterocycles. The maximum atomic E-state index is 13.4. The molecule has 33 heavy (non-hydrogen) atoms. The lowest BCUT2D eigenvalue weighted by Gasteiger charge is -2.20. The van der Waals surface area contributed by atoms with Gasteiger partial charge in [-0.05, 0) is 53.9 Å². The summed E-state index contributed by atoms with van der Waals surface area (Å²) in [6.07, 6.45) is 2.33. The number of anilines is 1. The van der Waals surface area contributed by atoms with Crippen molar-refractivity contribution in [3.05, 3.63) is 95.1 Å². The van der Waals surface area contributed by atoms with Crippen molar-refractivity contribution in [1.29, 1.82) is 0 Å². The highest BCUT2D eigenvalue weighted by molar-refractivity contribution is 7.13. The number of hydrogen-bond donors (Lipinski definition) is 1. The summed E-state index contributed by atoms with van der Waals surface area (Å²) in [5.74, 6) is 1.05. The van der Waals surface area contributed by atoms with Gasteiger partial charge in [-0.15, -0.1) is 10.2 Å². The summed E-state index contributed by atoms with van der Waals surface area (Å²) in [6.45, 7) is 1.62. The van der Waals surface area contributed by atoms with Crippen LogP contribution in [0.15, 0.2) is 76.9 Å². The minimum absolute atomic E-state index is 0.162. The molecule has 9 heteroatoms. The number of halogens is 1. The summed E-state index contributed by atoms with van der Waals surface area (Å²) in [4.78, 5) is 14.5. The number of furan rings is 1.